The van der Waals surface area contributed by atoms with Crippen LogP contribution in [-0.4, -0.2) is 25.4 Å². The SMILES string of the molecule is CC(C)c1ccccc1OC(=O)COCC(F)(F)F. The summed E-state index contributed by atoms with van der Waals surface area (Å²) < 4.78 is 44.7. The number of carbonyl (C=O) groups is 1. The second kappa shape index (κ2) is 6.56. The van der Waals surface area contributed by atoms with Crippen LogP contribution in [0.2, 0.25) is 0 Å². The van der Waals surface area contributed by atoms with Gasteiger partial charge in [0.25, 0.3) is 0 Å². The average Bonchev–Trinajstić information content (AvgIpc) is 2.27. The Morgan fingerprint density at radius 3 is 2.47 bits per heavy atom. The molecule has 0 atom stereocenters. The molecule has 0 saturated heterocycles. The quantitative estimate of drug-likeness (QED) is 0.611. The molecule has 0 spiro atoms. The molecule has 0 aliphatic heterocycles. The number of ether oxygens (including phenoxy) is 2. The van der Waals surface area contributed by atoms with Crippen LogP contribution in [0.15, 0.2) is 24.3 Å². The zero-order chi connectivity index (χ0) is 14.5. The minimum Gasteiger partial charge on any atom is -0.425 e. The third-order valence-corrected chi connectivity index (χ3v) is 2.25. The van der Waals surface area contributed by atoms with E-state index in [0.29, 0.717) is 5.75 Å². The largest absolute Gasteiger partial charge is 0.425 e. The van der Waals surface area contributed by atoms with E-state index in [4.69, 9.17) is 4.74 Å². The molecule has 0 aromatic heterocycles. The number of carbonyl (C=O) groups excluding carboxylic acids is 1. The second-order valence-corrected chi connectivity index (χ2v) is 4.27. The monoisotopic (exact) mass is 276 g/mol. The van der Waals surface area contributed by atoms with Gasteiger partial charge in [-0.25, -0.2) is 4.79 Å². The molecule has 0 fully saturated rings. The van der Waals surface area contributed by atoms with Crippen LogP contribution in [0.5, 0.6) is 5.75 Å². The number of hydrogen-bond donors (Lipinski definition) is 0. The minimum atomic E-state index is -4.45. The molecule has 0 unspecified atom stereocenters. The maximum Gasteiger partial charge on any atom is 0.411 e. The summed E-state index contributed by atoms with van der Waals surface area (Å²) in [7, 11) is 0. The first-order valence-electron chi connectivity index (χ1n) is 5.73. The van der Waals surface area contributed by atoms with Gasteiger partial charge >= 0.3 is 12.1 Å². The standard InChI is InChI=1S/C13H15F3O3/c1-9(2)10-5-3-4-6-11(10)19-12(17)7-18-8-13(14,15)16/h3-6,9H,7-8H2,1-2H3. The van der Waals surface area contributed by atoms with Crippen LogP contribution in [0.25, 0.3) is 0 Å². The summed E-state index contributed by atoms with van der Waals surface area (Å²) in [5, 5.41) is 0. The summed E-state index contributed by atoms with van der Waals surface area (Å²) in [6.07, 6.45) is -4.45. The highest BCUT2D eigenvalue weighted by Gasteiger charge is 2.28. The van der Waals surface area contributed by atoms with E-state index in [1.54, 1.807) is 24.3 Å². The molecule has 106 valence electrons. The molecule has 0 radical (unpaired) electrons. The van der Waals surface area contributed by atoms with Crippen molar-refractivity contribution in [2.75, 3.05) is 13.2 Å². The maximum absolute atomic E-state index is 11.8. The van der Waals surface area contributed by atoms with Gasteiger partial charge in [-0.15, -0.1) is 0 Å². The van der Waals surface area contributed by atoms with Gasteiger partial charge in [0.05, 0.1) is 0 Å². The number of esters is 1. The minimum absolute atomic E-state index is 0.139. The van der Waals surface area contributed by atoms with Crippen molar-refractivity contribution in [3.63, 3.8) is 0 Å². The van der Waals surface area contributed by atoms with Gasteiger partial charge < -0.3 is 9.47 Å². The van der Waals surface area contributed by atoms with Crippen molar-refractivity contribution >= 4 is 5.97 Å². The van der Waals surface area contributed by atoms with Crippen molar-refractivity contribution in [3.05, 3.63) is 29.8 Å². The van der Waals surface area contributed by atoms with Gasteiger partial charge in [-0.05, 0) is 17.5 Å². The normalized spacial score (nSPS) is 11.7. The first kappa shape index (κ1) is 15.5. The first-order valence-corrected chi connectivity index (χ1v) is 5.73. The summed E-state index contributed by atoms with van der Waals surface area (Å²) in [5.41, 5.74) is 0.812. The molecule has 0 amide bonds. The topological polar surface area (TPSA) is 35.5 Å². The van der Waals surface area contributed by atoms with E-state index in [1.807, 2.05) is 13.8 Å². The molecule has 0 bridgehead atoms. The molecular weight excluding hydrogens is 261 g/mol. The summed E-state index contributed by atoms with van der Waals surface area (Å²) in [5.74, 6) is -0.365. The van der Waals surface area contributed by atoms with Crippen LogP contribution in [0.1, 0.15) is 25.3 Å². The number of alkyl halides is 3. The van der Waals surface area contributed by atoms with Gasteiger partial charge in [0.2, 0.25) is 0 Å². The zero-order valence-corrected chi connectivity index (χ0v) is 10.7. The lowest BCUT2D eigenvalue weighted by molar-refractivity contribution is -0.178. The third-order valence-electron chi connectivity index (χ3n) is 2.25. The molecule has 0 saturated carbocycles. The Bertz CT molecular complexity index is 427. The molecule has 3 nitrogen and oxygen atoms in total. The molecule has 6 heteroatoms. The molecular formula is C13H15F3O3. The van der Waals surface area contributed by atoms with Gasteiger partial charge in [0.15, 0.2) is 0 Å². The summed E-state index contributed by atoms with van der Waals surface area (Å²) in [6, 6.07) is 6.87. The number of halogens is 3. The van der Waals surface area contributed by atoms with E-state index in [9.17, 15) is 18.0 Å². The van der Waals surface area contributed by atoms with Gasteiger partial charge in [-0.2, -0.15) is 13.2 Å². The van der Waals surface area contributed by atoms with Crippen LogP contribution in [0, 0.1) is 0 Å². The van der Waals surface area contributed by atoms with Gasteiger partial charge in [0, 0.05) is 0 Å². The van der Waals surface area contributed by atoms with Crippen molar-refractivity contribution < 1.29 is 27.4 Å². The summed E-state index contributed by atoms with van der Waals surface area (Å²) in [6.45, 7) is 1.65. The fraction of sp³-hybridized carbons (Fsp3) is 0.462. The smallest absolute Gasteiger partial charge is 0.411 e. The molecule has 0 aliphatic rings. The molecule has 1 aromatic rings. The Morgan fingerprint density at radius 1 is 1.26 bits per heavy atom. The lowest BCUT2D eigenvalue weighted by Gasteiger charge is -2.12. The first-order chi connectivity index (χ1) is 8.79. The van der Waals surface area contributed by atoms with Crippen LogP contribution in [-0.2, 0) is 9.53 Å². The van der Waals surface area contributed by atoms with Crippen molar-refractivity contribution in [1.29, 1.82) is 0 Å². The lowest BCUT2D eigenvalue weighted by Crippen LogP contribution is -2.23. The van der Waals surface area contributed by atoms with E-state index < -0.39 is 25.4 Å². The van der Waals surface area contributed by atoms with Crippen molar-refractivity contribution in [1.82, 2.24) is 0 Å². The highest BCUT2D eigenvalue weighted by molar-refractivity contribution is 5.74. The molecule has 1 rings (SSSR count). The van der Waals surface area contributed by atoms with Crippen molar-refractivity contribution in [2.24, 2.45) is 0 Å². The number of hydrogen-bond acceptors (Lipinski definition) is 3. The molecule has 1 aromatic carbocycles. The molecule has 0 N–H and O–H groups in total. The molecule has 0 aliphatic carbocycles. The molecule has 19 heavy (non-hydrogen) atoms. The number of benzene rings is 1. The Labute approximate surface area is 109 Å². The Morgan fingerprint density at radius 2 is 1.89 bits per heavy atom. The maximum atomic E-state index is 11.8. The second-order valence-electron chi connectivity index (χ2n) is 4.27. The fourth-order valence-corrected chi connectivity index (χ4v) is 1.45. The van der Waals surface area contributed by atoms with Crippen LogP contribution in [0.3, 0.4) is 0 Å². The Kier molecular flexibility index (Phi) is 5.35. The Balaban J connectivity index is 2.53. The summed E-state index contributed by atoms with van der Waals surface area (Å²) in [4.78, 5) is 11.4. The van der Waals surface area contributed by atoms with E-state index in [2.05, 4.69) is 4.74 Å². The van der Waals surface area contributed by atoms with Crippen molar-refractivity contribution in [2.45, 2.75) is 25.9 Å². The van der Waals surface area contributed by atoms with Gasteiger partial charge in [-0.1, -0.05) is 32.0 Å². The predicted octanol–water partition coefficient (Wildman–Crippen LogP) is 3.29. The van der Waals surface area contributed by atoms with Gasteiger partial charge in [0.1, 0.15) is 19.0 Å². The van der Waals surface area contributed by atoms with E-state index in [-0.39, 0.29) is 5.92 Å². The Hall–Kier alpha value is -1.56. The van der Waals surface area contributed by atoms with Crippen molar-refractivity contribution in [3.8, 4) is 5.75 Å². The van der Waals surface area contributed by atoms with Crippen LogP contribution >= 0.6 is 0 Å². The lowest BCUT2D eigenvalue weighted by atomic mass is 10.0. The van der Waals surface area contributed by atoms with Gasteiger partial charge in [-0.3, -0.25) is 0 Å². The predicted molar refractivity (Wildman–Crippen MR) is 63.0 cm³/mol. The summed E-state index contributed by atoms with van der Waals surface area (Å²) >= 11 is 0. The van der Waals surface area contributed by atoms with Crippen LogP contribution < -0.4 is 4.74 Å². The van der Waals surface area contributed by atoms with E-state index in [1.165, 1.54) is 0 Å². The fourth-order valence-electron chi connectivity index (χ4n) is 1.45. The third kappa shape index (κ3) is 5.74. The number of rotatable bonds is 5. The average molecular weight is 276 g/mol. The zero-order valence-electron chi connectivity index (χ0n) is 10.7. The van der Waals surface area contributed by atoms with E-state index in [0.717, 1.165) is 5.56 Å². The van der Waals surface area contributed by atoms with Crippen LogP contribution in [0.4, 0.5) is 13.2 Å². The highest BCUT2D eigenvalue weighted by atomic mass is 19.4. The van der Waals surface area contributed by atoms with E-state index >= 15 is 0 Å². The highest BCUT2D eigenvalue weighted by Crippen LogP contribution is 2.25. The number of para-hydroxylation sites is 1. The molecule has 0 heterocycles.